The zero-order chi connectivity index (χ0) is 17.9. The van der Waals surface area contributed by atoms with Crippen LogP contribution in [0.4, 0.5) is 5.69 Å². The molecule has 0 spiro atoms. The van der Waals surface area contributed by atoms with Crippen molar-refractivity contribution in [3.05, 3.63) is 54.6 Å². The number of nitrogens with two attached hydrogens (primary N) is 1. The van der Waals surface area contributed by atoms with Crippen LogP contribution >= 0.6 is 0 Å². The number of nitrogens with one attached hydrogen (secondary N) is 1. The van der Waals surface area contributed by atoms with E-state index in [0.29, 0.717) is 12.1 Å². The van der Waals surface area contributed by atoms with E-state index in [1.165, 1.54) is 0 Å². The molecule has 0 fully saturated rings. The second-order valence-electron chi connectivity index (χ2n) is 4.96. The zero-order valence-electron chi connectivity index (χ0n) is 13.2. The Kier molecular flexibility index (Phi) is 7.86. The van der Waals surface area contributed by atoms with E-state index in [2.05, 4.69) is 15.3 Å². The van der Waals surface area contributed by atoms with Gasteiger partial charge in [-0.05, 0) is 37.1 Å². The fraction of sp³-hybridized carbons (Fsp3) is 0.250. The topological polar surface area (TPSA) is 138 Å². The number of aliphatic carboxylic acids is 2. The Morgan fingerprint density at radius 3 is 2.21 bits per heavy atom. The Morgan fingerprint density at radius 1 is 1.12 bits per heavy atom. The van der Waals surface area contributed by atoms with Gasteiger partial charge in [0.15, 0.2) is 0 Å². The Hall–Kier alpha value is -3.00. The maximum atomic E-state index is 10.4. The lowest BCUT2D eigenvalue weighted by atomic mass is 10.1. The minimum Gasteiger partial charge on any atom is -0.480 e. The van der Waals surface area contributed by atoms with Gasteiger partial charge in [0.2, 0.25) is 0 Å². The Balaban J connectivity index is 0.000000240. The van der Waals surface area contributed by atoms with E-state index in [9.17, 15) is 9.59 Å². The van der Waals surface area contributed by atoms with E-state index in [1.54, 1.807) is 56.0 Å². The normalized spacial score (nSPS) is 12.2. The highest BCUT2D eigenvalue weighted by Gasteiger charge is 2.11. The van der Waals surface area contributed by atoms with Crippen molar-refractivity contribution < 1.29 is 19.8 Å². The smallest absolute Gasteiger partial charge is 0.325 e. The second-order valence-corrected chi connectivity index (χ2v) is 4.96. The van der Waals surface area contributed by atoms with E-state index in [1.807, 2.05) is 0 Å². The fourth-order valence-electron chi connectivity index (χ4n) is 1.62. The molecule has 2 aromatic rings. The second kappa shape index (κ2) is 9.90. The Labute approximate surface area is 139 Å². The predicted octanol–water partition coefficient (Wildman–Crippen LogP) is 1.00. The molecule has 2 heterocycles. The number of anilines is 1. The minimum absolute atomic E-state index is 0.323. The summed E-state index contributed by atoms with van der Waals surface area (Å²) in [6.07, 6.45) is 6.79. The average molecular weight is 332 g/mol. The molecule has 0 aliphatic carbocycles. The summed E-state index contributed by atoms with van der Waals surface area (Å²) in [6.45, 7) is 1.58. The molecule has 0 saturated heterocycles. The third-order valence-corrected chi connectivity index (χ3v) is 2.91. The number of rotatable bonds is 6. The molecule has 8 heteroatoms. The first-order valence-electron chi connectivity index (χ1n) is 7.16. The molecule has 0 aliphatic rings. The molecule has 8 nitrogen and oxygen atoms in total. The van der Waals surface area contributed by atoms with Crippen LogP contribution in [-0.4, -0.2) is 44.2 Å². The summed E-state index contributed by atoms with van der Waals surface area (Å²) in [6, 6.07) is 5.65. The molecule has 0 aromatic carbocycles. The predicted molar refractivity (Wildman–Crippen MR) is 88.5 cm³/mol. The largest absolute Gasteiger partial charge is 0.480 e. The summed E-state index contributed by atoms with van der Waals surface area (Å²) >= 11 is 0. The summed E-state index contributed by atoms with van der Waals surface area (Å²) < 4.78 is 0. The number of carboxylic acids is 2. The summed E-state index contributed by atoms with van der Waals surface area (Å²) in [5, 5.41) is 19.8. The van der Waals surface area contributed by atoms with Crippen LogP contribution in [0.25, 0.3) is 0 Å². The van der Waals surface area contributed by atoms with Gasteiger partial charge in [0.25, 0.3) is 0 Å². The average Bonchev–Trinajstić information content (AvgIpc) is 2.57. The van der Waals surface area contributed by atoms with Crippen LogP contribution in [-0.2, 0) is 16.0 Å². The van der Waals surface area contributed by atoms with Gasteiger partial charge in [-0.15, -0.1) is 0 Å². The Bertz CT molecular complexity index is 580. The highest BCUT2D eigenvalue weighted by Crippen LogP contribution is 2.04. The lowest BCUT2D eigenvalue weighted by molar-refractivity contribution is -0.139. The maximum Gasteiger partial charge on any atom is 0.325 e. The van der Waals surface area contributed by atoms with Crippen LogP contribution in [0.15, 0.2) is 49.1 Å². The van der Waals surface area contributed by atoms with Gasteiger partial charge in [-0.3, -0.25) is 19.6 Å². The molecule has 0 bridgehead atoms. The van der Waals surface area contributed by atoms with Crippen molar-refractivity contribution in [3.8, 4) is 0 Å². The molecule has 1 unspecified atom stereocenters. The highest BCUT2D eigenvalue weighted by atomic mass is 16.4. The third-order valence-electron chi connectivity index (χ3n) is 2.91. The van der Waals surface area contributed by atoms with Gasteiger partial charge in [0, 0.05) is 24.8 Å². The minimum atomic E-state index is -0.987. The van der Waals surface area contributed by atoms with Crippen molar-refractivity contribution in [2.24, 2.45) is 5.73 Å². The zero-order valence-corrected chi connectivity index (χ0v) is 13.2. The summed E-state index contributed by atoms with van der Waals surface area (Å²) in [5.74, 6) is -1.86. The van der Waals surface area contributed by atoms with E-state index in [4.69, 9.17) is 15.9 Å². The number of hydrogen-bond donors (Lipinski definition) is 4. The van der Waals surface area contributed by atoms with Crippen LogP contribution in [0.2, 0.25) is 0 Å². The summed E-state index contributed by atoms with van der Waals surface area (Å²) in [4.78, 5) is 28.5. The monoisotopic (exact) mass is 332 g/mol. The molecule has 5 N–H and O–H groups in total. The summed E-state index contributed by atoms with van der Waals surface area (Å²) in [5.41, 5.74) is 6.88. The van der Waals surface area contributed by atoms with Gasteiger partial charge in [0.05, 0.1) is 5.69 Å². The van der Waals surface area contributed by atoms with Crippen molar-refractivity contribution in [2.45, 2.75) is 25.4 Å². The van der Waals surface area contributed by atoms with Crippen LogP contribution in [0.5, 0.6) is 0 Å². The maximum absolute atomic E-state index is 10.4. The molecule has 0 aliphatic heterocycles. The number of carboxylic acid groups (broad SMARTS) is 2. The third kappa shape index (κ3) is 7.32. The van der Waals surface area contributed by atoms with Crippen LogP contribution in [0.1, 0.15) is 12.5 Å². The molecule has 0 amide bonds. The van der Waals surface area contributed by atoms with Gasteiger partial charge < -0.3 is 21.3 Å². The molecule has 2 atom stereocenters. The molecule has 2 rings (SSSR count). The molecular weight excluding hydrogens is 312 g/mol. The van der Waals surface area contributed by atoms with Crippen LogP contribution < -0.4 is 11.1 Å². The van der Waals surface area contributed by atoms with Gasteiger partial charge in [0.1, 0.15) is 12.1 Å². The van der Waals surface area contributed by atoms with E-state index in [-0.39, 0.29) is 0 Å². The molecule has 128 valence electrons. The molecule has 2 aromatic heterocycles. The van der Waals surface area contributed by atoms with Gasteiger partial charge >= 0.3 is 11.9 Å². The first-order chi connectivity index (χ1) is 11.4. The molecule has 24 heavy (non-hydrogen) atoms. The van der Waals surface area contributed by atoms with Crippen molar-refractivity contribution >= 4 is 17.6 Å². The van der Waals surface area contributed by atoms with Crippen LogP contribution in [0.3, 0.4) is 0 Å². The lowest BCUT2D eigenvalue weighted by Gasteiger charge is -2.08. The lowest BCUT2D eigenvalue weighted by Crippen LogP contribution is -2.32. The van der Waals surface area contributed by atoms with Crippen molar-refractivity contribution in [1.82, 2.24) is 9.97 Å². The van der Waals surface area contributed by atoms with E-state index < -0.39 is 24.0 Å². The molecule has 0 radical (unpaired) electrons. The van der Waals surface area contributed by atoms with Gasteiger partial charge in [-0.1, -0.05) is 6.07 Å². The van der Waals surface area contributed by atoms with Gasteiger partial charge in [-0.25, -0.2) is 0 Å². The number of nitrogens with zero attached hydrogens (tertiary/aromatic N) is 2. The molecular formula is C16H20N4O4. The van der Waals surface area contributed by atoms with Crippen molar-refractivity contribution in [1.29, 1.82) is 0 Å². The molecule has 0 saturated carbocycles. The first kappa shape index (κ1) is 19.0. The van der Waals surface area contributed by atoms with Crippen molar-refractivity contribution in [3.63, 3.8) is 0 Å². The highest BCUT2D eigenvalue weighted by molar-refractivity contribution is 5.76. The van der Waals surface area contributed by atoms with Crippen molar-refractivity contribution in [2.75, 3.05) is 5.32 Å². The van der Waals surface area contributed by atoms with E-state index in [0.717, 1.165) is 5.56 Å². The number of pyridine rings is 2. The number of carbonyl (C=O) groups is 2. The number of hydrogen-bond acceptors (Lipinski definition) is 6. The first-order valence-corrected chi connectivity index (χ1v) is 7.16. The quantitative estimate of drug-likeness (QED) is 0.614. The Morgan fingerprint density at radius 2 is 1.75 bits per heavy atom. The standard InChI is InChI=1S/2C8H10N2O2/c1-6(8(11)12)10-7-3-2-4-9-5-7;9-7(8(11)12)4-6-2-1-3-10-5-6/h2-6,10H,1H3,(H,11,12);1-3,5,7H,4,9H2,(H,11,12)/t6-;/m0./s1. The summed E-state index contributed by atoms with van der Waals surface area (Å²) in [7, 11) is 0. The van der Waals surface area contributed by atoms with Gasteiger partial charge in [-0.2, -0.15) is 0 Å². The number of aromatic nitrogens is 2. The van der Waals surface area contributed by atoms with E-state index >= 15 is 0 Å². The van der Waals surface area contributed by atoms with Crippen LogP contribution in [0, 0.1) is 0 Å². The SMILES string of the molecule is C[C@H](Nc1cccnc1)C(=O)O.NC(Cc1cccnc1)C(=O)O. The fourth-order valence-corrected chi connectivity index (χ4v) is 1.62.